The quantitative estimate of drug-likeness (QED) is 0.774. The molecule has 19 heavy (non-hydrogen) atoms. The maximum atomic E-state index is 5.59. The first-order valence-corrected chi connectivity index (χ1v) is 7.06. The van der Waals surface area contributed by atoms with Gasteiger partial charge in [-0.25, -0.2) is 9.97 Å². The van der Waals surface area contributed by atoms with Crippen LogP contribution in [0.25, 0.3) is 0 Å². The fourth-order valence-electron chi connectivity index (χ4n) is 2.25. The van der Waals surface area contributed by atoms with Crippen molar-refractivity contribution in [2.75, 3.05) is 56.0 Å². The molecule has 1 saturated heterocycles. The summed E-state index contributed by atoms with van der Waals surface area (Å²) < 4.78 is 0. The number of nitrogens with zero attached hydrogens (tertiary/aromatic N) is 4. The summed E-state index contributed by atoms with van der Waals surface area (Å²) in [6.07, 6.45) is 2.73. The predicted octanol–water partition coefficient (Wildman–Crippen LogP) is 0.379. The van der Waals surface area contributed by atoms with E-state index >= 15 is 0 Å². The van der Waals surface area contributed by atoms with Gasteiger partial charge in [-0.3, -0.25) is 4.90 Å². The standard InChI is InChI=1S/C13H24N6/c1-2-4-15-12-10-13(17-11-16-12)19-8-6-18(5-3-14)7-9-19/h10-11H,2-9,14H2,1H3,(H,15,16,17). The van der Waals surface area contributed by atoms with E-state index in [0.717, 1.165) is 63.9 Å². The summed E-state index contributed by atoms with van der Waals surface area (Å²) in [7, 11) is 0. The molecule has 1 aromatic rings. The molecule has 6 heteroatoms. The Kier molecular flexibility index (Phi) is 5.35. The molecule has 1 aliphatic heterocycles. The number of aromatic nitrogens is 2. The van der Waals surface area contributed by atoms with E-state index in [9.17, 15) is 0 Å². The summed E-state index contributed by atoms with van der Waals surface area (Å²) in [6, 6.07) is 2.04. The molecule has 0 amide bonds. The van der Waals surface area contributed by atoms with Crippen LogP contribution in [0.1, 0.15) is 13.3 Å². The van der Waals surface area contributed by atoms with Gasteiger partial charge in [-0.05, 0) is 6.42 Å². The zero-order valence-corrected chi connectivity index (χ0v) is 11.7. The molecule has 0 unspecified atom stereocenters. The number of anilines is 2. The van der Waals surface area contributed by atoms with E-state index in [1.54, 1.807) is 6.33 Å². The Labute approximate surface area is 115 Å². The zero-order valence-electron chi connectivity index (χ0n) is 11.7. The molecular formula is C13H24N6. The molecule has 2 rings (SSSR count). The Morgan fingerprint density at radius 2 is 2.05 bits per heavy atom. The third-order valence-corrected chi connectivity index (χ3v) is 3.35. The summed E-state index contributed by atoms with van der Waals surface area (Å²) in [6.45, 7) is 8.93. The van der Waals surface area contributed by atoms with Crippen molar-refractivity contribution in [3.63, 3.8) is 0 Å². The second-order valence-electron chi connectivity index (χ2n) is 4.81. The molecule has 2 heterocycles. The van der Waals surface area contributed by atoms with Gasteiger partial charge in [0.2, 0.25) is 0 Å². The average molecular weight is 264 g/mol. The Morgan fingerprint density at radius 3 is 2.74 bits per heavy atom. The van der Waals surface area contributed by atoms with Gasteiger partial charge in [0.25, 0.3) is 0 Å². The molecule has 106 valence electrons. The Morgan fingerprint density at radius 1 is 1.26 bits per heavy atom. The number of hydrogen-bond donors (Lipinski definition) is 2. The third kappa shape index (κ3) is 4.04. The normalized spacial score (nSPS) is 16.6. The van der Waals surface area contributed by atoms with Crippen LogP contribution >= 0.6 is 0 Å². The lowest BCUT2D eigenvalue weighted by molar-refractivity contribution is 0.264. The van der Waals surface area contributed by atoms with E-state index in [-0.39, 0.29) is 0 Å². The van der Waals surface area contributed by atoms with Crippen molar-refractivity contribution in [3.05, 3.63) is 12.4 Å². The second kappa shape index (κ2) is 7.25. The van der Waals surface area contributed by atoms with Crippen molar-refractivity contribution in [1.29, 1.82) is 0 Å². The minimum Gasteiger partial charge on any atom is -0.370 e. The molecule has 1 fully saturated rings. The van der Waals surface area contributed by atoms with Gasteiger partial charge < -0.3 is 16.0 Å². The summed E-state index contributed by atoms with van der Waals surface area (Å²) >= 11 is 0. The molecule has 1 aliphatic rings. The first-order chi connectivity index (χ1) is 9.33. The highest BCUT2D eigenvalue weighted by Gasteiger charge is 2.17. The predicted molar refractivity (Wildman–Crippen MR) is 78.5 cm³/mol. The molecule has 0 spiro atoms. The monoisotopic (exact) mass is 264 g/mol. The van der Waals surface area contributed by atoms with Gasteiger partial charge in [0.05, 0.1) is 0 Å². The summed E-state index contributed by atoms with van der Waals surface area (Å²) in [4.78, 5) is 13.3. The highest BCUT2D eigenvalue weighted by Crippen LogP contribution is 2.16. The van der Waals surface area contributed by atoms with Crippen LogP contribution in [0.15, 0.2) is 12.4 Å². The van der Waals surface area contributed by atoms with Crippen LogP contribution in [0.2, 0.25) is 0 Å². The van der Waals surface area contributed by atoms with E-state index in [2.05, 4.69) is 32.0 Å². The van der Waals surface area contributed by atoms with Crippen molar-refractivity contribution in [1.82, 2.24) is 14.9 Å². The first kappa shape index (κ1) is 14.0. The number of nitrogens with two attached hydrogens (primary N) is 1. The molecule has 0 radical (unpaired) electrons. The fraction of sp³-hybridized carbons (Fsp3) is 0.692. The Hall–Kier alpha value is -1.40. The van der Waals surface area contributed by atoms with Gasteiger partial charge in [-0.1, -0.05) is 6.92 Å². The van der Waals surface area contributed by atoms with E-state index in [0.29, 0.717) is 0 Å². The number of hydrogen-bond acceptors (Lipinski definition) is 6. The van der Waals surface area contributed by atoms with Gasteiger partial charge in [0.1, 0.15) is 18.0 Å². The number of piperazine rings is 1. The van der Waals surface area contributed by atoms with Crippen LogP contribution in [0.4, 0.5) is 11.6 Å². The number of nitrogens with one attached hydrogen (secondary N) is 1. The molecule has 6 nitrogen and oxygen atoms in total. The zero-order chi connectivity index (χ0) is 13.5. The lowest BCUT2D eigenvalue weighted by atomic mass is 10.3. The van der Waals surface area contributed by atoms with Crippen LogP contribution in [0, 0.1) is 0 Å². The molecule has 0 aliphatic carbocycles. The van der Waals surface area contributed by atoms with E-state index in [4.69, 9.17) is 5.73 Å². The van der Waals surface area contributed by atoms with E-state index in [1.807, 2.05) is 6.07 Å². The van der Waals surface area contributed by atoms with Crippen LogP contribution in [-0.2, 0) is 0 Å². The maximum Gasteiger partial charge on any atom is 0.134 e. The fourth-order valence-corrected chi connectivity index (χ4v) is 2.25. The lowest BCUT2D eigenvalue weighted by Gasteiger charge is -2.35. The van der Waals surface area contributed by atoms with Gasteiger partial charge in [-0.15, -0.1) is 0 Å². The molecule has 0 bridgehead atoms. The van der Waals surface area contributed by atoms with E-state index < -0.39 is 0 Å². The van der Waals surface area contributed by atoms with Gasteiger partial charge in [0, 0.05) is 51.9 Å². The Bertz CT molecular complexity index is 375. The summed E-state index contributed by atoms with van der Waals surface area (Å²) in [5.74, 6) is 1.93. The van der Waals surface area contributed by atoms with Gasteiger partial charge in [-0.2, -0.15) is 0 Å². The largest absolute Gasteiger partial charge is 0.370 e. The van der Waals surface area contributed by atoms with Crippen molar-refractivity contribution >= 4 is 11.6 Å². The third-order valence-electron chi connectivity index (χ3n) is 3.35. The smallest absolute Gasteiger partial charge is 0.134 e. The second-order valence-corrected chi connectivity index (χ2v) is 4.81. The molecule has 3 N–H and O–H groups in total. The van der Waals surface area contributed by atoms with Crippen molar-refractivity contribution in [2.45, 2.75) is 13.3 Å². The van der Waals surface area contributed by atoms with Gasteiger partial charge in [0.15, 0.2) is 0 Å². The molecule has 0 aromatic carbocycles. The summed E-state index contributed by atoms with van der Waals surface area (Å²) in [5, 5.41) is 3.30. The van der Waals surface area contributed by atoms with Crippen molar-refractivity contribution in [3.8, 4) is 0 Å². The highest BCUT2D eigenvalue weighted by molar-refractivity contribution is 5.48. The van der Waals surface area contributed by atoms with Crippen LogP contribution in [0.3, 0.4) is 0 Å². The van der Waals surface area contributed by atoms with Crippen LogP contribution < -0.4 is 16.0 Å². The SMILES string of the molecule is CCCNc1cc(N2CCN(CCN)CC2)ncn1. The maximum absolute atomic E-state index is 5.59. The average Bonchev–Trinajstić information content (AvgIpc) is 2.46. The van der Waals surface area contributed by atoms with Crippen molar-refractivity contribution in [2.24, 2.45) is 5.73 Å². The molecule has 0 saturated carbocycles. The van der Waals surface area contributed by atoms with Crippen molar-refractivity contribution < 1.29 is 0 Å². The molecule has 1 aromatic heterocycles. The highest BCUT2D eigenvalue weighted by atomic mass is 15.3. The van der Waals surface area contributed by atoms with Crippen LogP contribution in [-0.4, -0.2) is 60.7 Å². The Balaban J connectivity index is 1.91. The van der Waals surface area contributed by atoms with Crippen LogP contribution in [0.5, 0.6) is 0 Å². The molecule has 0 atom stereocenters. The van der Waals surface area contributed by atoms with E-state index in [1.165, 1.54) is 0 Å². The van der Waals surface area contributed by atoms with Gasteiger partial charge >= 0.3 is 0 Å². The number of rotatable bonds is 6. The topological polar surface area (TPSA) is 70.3 Å². The minimum absolute atomic E-state index is 0.735. The minimum atomic E-state index is 0.735. The molecular weight excluding hydrogens is 240 g/mol. The first-order valence-electron chi connectivity index (χ1n) is 7.06. The lowest BCUT2D eigenvalue weighted by Crippen LogP contribution is -2.48. The summed E-state index contributed by atoms with van der Waals surface area (Å²) in [5.41, 5.74) is 5.59.